The van der Waals surface area contributed by atoms with E-state index >= 15 is 0 Å². The summed E-state index contributed by atoms with van der Waals surface area (Å²) in [5.74, 6) is -5.42. The molecule has 0 N–H and O–H groups in total. The lowest BCUT2D eigenvalue weighted by Crippen LogP contribution is -2.26. The van der Waals surface area contributed by atoms with Gasteiger partial charge in [0.1, 0.15) is 0 Å². The second-order valence-corrected chi connectivity index (χ2v) is 10.4. The molecule has 37 heavy (non-hydrogen) atoms. The lowest BCUT2D eigenvalue weighted by Gasteiger charge is -2.28. The second kappa shape index (κ2) is 12.1. The van der Waals surface area contributed by atoms with Crippen LogP contribution in [0.25, 0.3) is 0 Å². The topological polar surface area (TPSA) is 35.5 Å². The maximum Gasteiger partial charge on any atom is 0.314 e. The van der Waals surface area contributed by atoms with E-state index in [0.717, 1.165) is 25.7 Å². The molecule has 0 aromatic heterocycles. The molecule has 0 amide bonds. The van der Waals surface area contributed by atoms with Crippen molar-refractivity contribution >= 4 is 5.97 Å². The fourth-order valence-corrected chi connectivity index (χ4v) is 5.57. The van der Waals surface area contributed by atoms with Gasteiger partial charge in [-0.15, -0.1) is 6.58 Å². The standard InChI is InChI=1S/C30H34F4O3/c1-3-4-17-36-24-15-13-22(26(31)28(24)33)20-9-11-21(12-10-20)30(35)37-25-16-14-23(27(32)29(25)34)19-7-5-18(2)6-8-19/h3,13-16,18-21H,1,4-12,17H2,2H3. The van der Waals surface area contributed by atoms with E-state index < -0.39 is 40.9 Å². The van der Waals surface area contributed by atoms with Crippen LogP contribution >= 0.6 is 0 Å². The number of benzene rings is 2. The Morgan fingerprint density at radius 3 is 1.89 bits per heavy atom. The number of ether oxygens (including phenoxy) is 2. The molecule has 0 unspecified atom stereocenters. The maximum absolute atomic E-state index is 14.8. The van der Waals surface area contributed by atoms with Gasteiger partial charge < -0.3 is 9.47 Å². The quantitative estimate of drug-likeness (QED) is 0.116. The summed E-state index contributed by atoms with van der Waals surface area (Å²) >= 11 is 0. The Balaban J connectivity index is 1.35. The van der Waals surface area contributed by atoms with E-state index in [1.54, 1.807) is 6.08 Å². The van der Waals surface area contributed by atoms with Crippen molar-refractivity contribution in [2.75, 3.05) is 6.61 Å². The fraction of sp³-hybridized carbons (Fsp3) is 0.500. The summed E-state index contributed by atoms with van der Waals surface area (Å²) in [6, 6.07) is 5.82. The highest BCUT2D eigenvalue weighted by Gasteiger charge is 2.32. The fourth-order valence-electron chi connectivity index (χ4n) is 5.57. The number of carbonyl (C=O) groups is 1. The Bertz CT molecular complexity index is 1120. The van der Waals surface area contributed by atoms with Gasteiger partial charge in [0.2, 0.25) is 11.6 Å². The van der Waals surface area contributed by atoms with E-state index in [2.05, 4.69) is 13.5 Å². The molecular formula is C30H34F4O3. The molecule has 2 aromatic carbocycles. The van der Waals surface area contributed by atoms with Crippen LogP contribution in [0.3, 0.4) is 0 Å². The molecule has 2 saturated carbocycles. The summed E-state index contributed by atoms with van der Waals surface area (Å²) in [6.07, 6.45) is 7.39. The summed E-state index contributed by atoms with van der Waals surface area (Å²) in [4.78, 5) is 12.7. The molecule has 200 valence electrons. The van der Waals surface area contributed by atoms with Gasteiger partial charge in [-0.25, -0.2) is 8.78 Å². The average Bonchev–Trinajstić information content (AvgIpc) is 2.90. The third-order valence-corrected chi connectivity index (χ3v) is 7.90. The average molecular weight is 519 g/mol. The monoisotopic (exact) mass is 518 g/mol. The van der Waals surface area contributed by atoms with Crippen molar-refractivity contribution in [2.45, 2.75) is 76.5 Å². The number of halogens is 4. The first-order chi connectivity index (χ1) is 17.8. The van der Waals surface area contributed by atoms with Gasteiger partial charge in [0.15, 0.2) is 23.1 Å². The number of esters is 1. The van der Waals surface area contributed by atoms with Gasteiger partial charge in [0, 0.05) is 0 Å². The van der Waals surface area contributed by atoms with Crippen molar-refractivity contribution in [3.05, 3.63) is 71.3 Å². The maximum atomic E-state index is 14.8. The molecule has 0 bridgehead atoms. The van der Waals surface area contributed by atoms with Crippen molar-refractivity contribution < 1.29 is 31.8 Å². The Morgan fingerprint density at radius 2 is 1.32 bits per heavy atom. The van der Waals surface area contributed by atoms with Crippen LogP contribution in [-0.2, 0) is 4.79 Å². The molecule has 0 saturated heterocycles. The molecule has 0 atom stereocenters. The molecular weight excluding hydrogens is 484 g/mol. The van der Waals surface area contributed by atoms with Gasteiger partial charge in [-0.05, 0) is 86.0 Å². The van der Waals surface area contributed by atoms with Crippen LogP contribution in [0.1, 0.15) is 87.7 Å². The highest BCUT2D eigenvalue weighted by molar-refractivity contribution is 5.75. The second-order valence-electron chi connectivity index (χ2n) is 10.4. The van der Waals surface area contributed by atoms with Crippen LogP contribution in [0, 0.1) is 35.1 Å². The number of hydrogen-bond acceptors (Lipinski definition) is 3. The zero-order chi connectivity index (χ0) is 26.5. The molecule has 0 heterocycles. The van der Waals surface area contributed by atoms with E-state index in [9.17, 15) is 22.4 Å². The van der Waals surface area contributed by atoms with E-state index in [1.807, 2.05) is 0 Å². The molecule has 0 aliphatic heterocycles. The first-order valence-corrected chi connectivity index (χ1v) is 13.2. The van der Waals surface area contributed by atoms with Crippen LogP contribution in [0.5, 0.6) is 11.5 Å². The predicted molar refractivity (Wildman–Crippen MR) is 134 cm³/mol. The van der Waals surface area contributed by atoms with Crippen molar-refractivity contribution in [1.82, 2.24) is 0 Å². The highest BCUT2D eigenvalue weighted by Crippen LogP contribution is 2.41. The normalized spacial score (nSPS) is 23.9. The number of hydrogen-bond donors (Lipinski definition) is 0. The first kappa shape index (κ1) is 27.2. The van der Waals surface area contributed by atoms with E-state index in [0.29, 0.717) is 43.6 Å². The molecule has 4 rings (SSSR count). The van der Waals surface area contributed by atoms with Crippen LogP contribution in [0.15, 0.2) is 36.9 Å². The predicted octanol–water partition coefficient (Wildman–Crippen LogP) is 8.37. The Labute approximate surface area is 215 Å². The van der Waals surface area contributed by atoms with Crippen molar-refractivity contribution in [2.24, 2.45) is 11.8 Å². The minimum atomic E-state index is -1.13. The molecule has 3 nitrogen and oxygen atoms in total. The van der Waals surface area contributed by atoms with Gasteiger partial charge >= 0.3 is 5.97 Å². The van der Waals surface area contributed by atoms with Gasteiger partial charge in [-0.2, -0.15) is 8.78 Å². The van der Waals surface area contributed by atoms with Gasteiger partial charge in [-0.1, -0.05) is 38.0 Å². The van der Waals surface area contributed by atoms with Gasteiger partial charge in [-0.3, -0.25) is 4.79 Å². The lowest BCUT2D eigenvalue weighted by molar-refractivity contribution is -0.140. The van der Waals surface area contributed by atoms with Gasteiger partial charge in [0.25, 0.3) is 0 Å². The first-order valence-electron chi connectivity index (χ1n) is 13.2. The zero-order valence-electron chi connectivity index (χ0n) is 21.2. The zero-order valence-corrected chi connectivity index (χ0v) is 21.2. The number of carbonyl (C=O) groups excluding carboxylic acids is 1. The summed E-state index contributed by atoms with van der Waals surface area (Å²) in [5.41, 5.74) is 0.595. The summed E-state index contributed by atoms with van der Waals surface area (Å²) in [5, 5.41) is 0. The van der Waals surface area contributed by atoms with Crippen LogP contribution in [0.2, 0.25) is 0 Å². The van der Waals surface area contributed by atoms with Crippen LogP contribution < -0.4 is 9.47 Å². The molecule has 7 heteroatoms. The summed E-state index contributed by atoms with van der Waals surface area (Å²) in [7, 11) is 0. The molecule has 0 radical (unpaired) electrons. The van der Waals surface area contributed by atoms with E-state index in [1.165, 1.54) is 24.3 Å². The van der Waals surface area contributed by atoms with E-state index in [-0.39, 0.29) is 29.8 Å². The molecule has 2 aliphatic rings. The molecule has 0 spiro atoms. The minimum absolute atomic E-state index is 0.0243. The summed E-state index contributed by atoms with van der Waals surface area (Å²) < 4.78 is 69.3. The third kappa shape index (κ3) is 6.19. The largest absolute Gasteiger partial charge is 0.490 e. The van der Waals surface area contributed by atoms with E-state index in [4.69, 9.17) is 9.47 Å². The SMILES string of the molecule is C=CCCOc1ccc(C2CCC(C(=O)Oc3ccc(C4CCC(C)CC4)c(F)c3F)CC2)c(F)c1F. The third-order valence-electron chi connectivity index (χ3n) is 7.90. The van der Waals surface area contributed by atoms with Crippen molar-refractivity contribution in [3.63, 3.8) is 0 Å². The van der Waals surface area contributed by atoms with Gasteiger partial charge in [0.05, 0.1) is 12.5 Å². The van der Waals surface area contributed by atoms with Crippen molar-refractivity contribution in [1.29, 1.82) is 0 Å². The Morgan fingerprint density at radius 1 is 0.811 bits per heavy atom. The minimum Gasteiger partial charge on any atom is -0.490 e. The lowest BCUT2D eigenvalue weighted by atomic mass is 9.78. The molecule has 2 aliphatic carbocycles. The van der Waals surface area contributed by atoms with Crippen molar-refractivity contribution in [3.8, 4) is 11.5 Å². The van der Waals surface area contributed by atoms with Crippen LogP contribution in [0.4, 0.5) is 17.6 Å². The number of rotatable bonds is 8. The Hall–Kier alpha value is -2.83. The smallest absolute Gasteiger partial charge is 0.314 e. The highest BCUT2D eigenvalue weighted by atomic mass is 19.2. The molecule has 2 fully saturated rings. The van der Waals surface area contributed by atoms with Crippen LogP contribution in [-0.4, -0.2) is 12.6 Å². The summed E-state index contributed by atoms with van der Waals surface area (Å²) in [6.45, 7) is 5.93. The Kier molecular flexibility index (Phi) is 8.93. The molecule has 2 aromatic rings.